The summed E-state index contributed by atoms with van der Waals surface area (Å²) in [7, 11) is 0. The minimum Gasteiger partial charge on any atom is -0.369 e. The molecule has 0 unspecified atom stereocenters. The summed E-state index contributed by atoms with van der Waals surface area (Å²) in [6.45, 7) is 2.12. The number of hydrogen-bond acceptors (Lipinski definition) is 3. The Labute approximate surface area is 118 Å². The Balaban J connectivity index is 2.01. The Morgan fingerprint density at radius 1 is 1.40 bits per heavy atom. The highest BCUT2D eigenvalue weighted by atomic mass is 16.1. The summed E-state index contributed by atoms with van der Waals surface area (Å²) in [6.07, 6.45) is 5.37. The van der Waals surface area contributed by atoms with Crippen molar-refractivity contribution >= 4 is 17.5 Å². The molecule has 1 heterocycles. The first kappa shape index (κ1) is 14.1. The van der Waals surface area contributed by atoms with Crippen LogP contribution in [0.4, 0.5) is 11.6 Å². The van der Waals surface area contributed by atoms with Gasteiger partial charge in [-0.1, -0.05) is 31.9 Å². The highest BCUT2D eigenvalue weighted by molar-refractivity contribution is 5.91. The summed E-state index contributed by atoms with van der Waals surface area (Å²) < 4.78 is 0. The van der Waals surface area contributed by atoms with Crippen LogP contribution < -0.4 is 11.1 Å². The number of rotatable bonds is 6. The Morgan fingerprint density at radius 2 is 2.25 bits per heavy atom. The number of hydrogen-bond donors (Lipinski definition) is 3. The SMILES string of the molecule is CCCCCC(=O)Nc1cccc(-c2cnc(N)[nH]2)c1. The zero-order valence-corrected chi connectivity index (χ0v) is 11.6. The zero-order valence-electron chi connectivity index (χ0n) is 11.6. The molecule has 0 aliphatic heterocycles. The van der Waals surface area contributed by atoms with E-state index in [2.05, 4.69) is 22.2 Å². The van der Waals surface area contributed by atoms with E-state index in [0.29, 0.717) is 12.4 Å². The number of amides is 1. The van der Waals surface area contributed by atoms with Crippen molar-refractivity contribution < 1.29 is 4.79 Å². The second-order valence-electron chi connectivity index (χ2n) is 4.77. The van der Waals surface area contributed by atoms with Gasteiger partial charge in [0.25, 0.3) is 0 Å². The lowest BCUT2D eigenvalue weighted by Crippen LogP contribution is -2.10. The molecule has 0 saturated heterocycles. The number of carbonyl (C=O) groups excluding carboxylic acids is 1. The quantitative estimate of drug-likeness (QED) is 0.706. The van der Waals surface area contributed by atoms with E-state index in [1.807, 2.05) is 24.3 Å². The third-order valence-electron chi connectivity index (χ3n) is 3.06. The van der Waals surface area contributed by atoms with Crippen LogP contribution in [0.25, 0.3) is 11.3 Å². The lowest BCUT2D eigenvalue weighted by Gasteiger charge is -2.06. The number of aromatic nitrogens is 2. The van der Waals surface area contributed by atoms with Crippen molar-refractivity contribution in [2.24, 2.45) is 0 Å². The summed E-state index contributed by atoms with van der Waals surface area (Å²) in [5, 5.41) is 2.91. The maximum atomic E-state index is 11.8. The molecule has 0 radical (unpaired) electrons. The van der Waals surface area contributed by atoms with Crippen molar-refractivity contribution in [1.82, 2.24) is 9.97 Å². The minimum atomic E-state index is 0.0553. The Hall–Kier alpha value is -2.30. The van der Waals surface area contributed by atoms with Gasteiger partial charge in [0.15, 0.2) is 5.95 Å². The molecule has 1 amide bonds. The predicted molar refractivity (Wildman–Crippen MR) is 81.2 cm³/mol. The van der Waals surface area contributed by atoms with Crippen LogP contribution in [0.15, 0.2) is 30.5 Å². The Morgan fingerprint density at radius 3 is 2.95 bits per heavy atom. The molecular weight excluding hydrogens is 252 g/mol. The van der Waals surface area contributed by atoms with E-state index in [-0.39, 0.29) is 5.91 Å². The molecule has 0 aliphatic carbocycles. The molecule has 106 valence electrons. The predicted octanol–water partition coefficient (Wildman–Crippen LogP) is 3.18. The van der Waals surface area contributed by atoms with Crippen LogP contribution >= 0.6 is 0 Å². The number of aromatic amines is 1. The van der Waals surface area contributed by atoms with E-state index in [1.54, 1.807) is 6.20 Å². The highest BCUT2D eigenvalue weighted by Crippen LogP contribution is 2.21. The van der Waals surface area contributed by atoms with E-state index in [0.717, 1.165) is 36.2 Å². The lowest BCUT2D eigenvalue weighted by atomic mass is 10.1. The first-order chi connectivity index (χ1) is 9.69. The van der Waals surface area contributed by atoms with E-state index in [9.17, 15) is 4.79 Å². The van der Waals surface area contributed by atoms with Crippen LogP contribution in [-0.4, -0.2) is 15.9 Å². The van der Waals surface area contributed by atoms with E-state index >= 15 is 0 Å². The third-order valence-corrected chi connectivity index (χ3v) is 3.06. The van der Waals surface area contributed by atoms with Gasteiger partial charge in [-0.25, -0.2) is 4.98 Å². The van der Waals surface area contributed by atoms with Crippen LogP contribution in [0.1, 0.15) is 32.6 Å². The average molecular weight is 272 g/mol. The molecule has 4 N–H and O–H groups in total. The first-order valence-electron chi connectivity index (χ1n) is 6.90. The number of carbonyl (C=O) groups is 1. The summed E-state index contributed by atoms with van der Waals surface area (Å²) >= 11 is 0. The molecule has 0 atom stereocenters. The summed E-state index contributed by atoms with van der Waals surface area (Å²) in [5.74, 6) is 0.439. The standard InChI is InChI=1S/C15H20N4O/c1-2-3-4-8-14(20)18-12-7-5-6-11(9-12)13-10-17-15(16)19-13/h5-7,9-10H,2-4,8H2,1H3,(H,18,20)(H3,16,17,19). The molecule has 2 aromatic rings. The van der Waals surface area contributed by atoms with E-state index < -0.39 is 0 Å². The lowest BCUT2D eigenvalue weighted by molar-refractivity contribution is -0.116. The monoisotopic (exact) mass is 272 g/mol. The Kier molecular flexibility index (Phi) is 4.76. The molecule has 5 heteroatoms. The highest BCUT2D eigenvalue weighted by Gasteiger charge is 2.05. The number of nitrogens with zero attached hydrogens (tertiary/aromatic N) is 1. The van der Waals surface area contributed by atoms with E-state index in [1.165, 1.54) is 0 Å². The van der Waals surface area contributed by atoms with Gasteiger partial charge < -0.3 is 16.0 Å². The topological polar surface area (TPSA) is 83.8 Å². The largest absolute Gasteiger partial charge is 0.369 e. The van der Waals surface area contributed by atoms with Crippen LogP contribution in [0, 0.1) is 0 Å². The molecular formula is C15H20N4O. The van der Waals surface area contributed by atoms with Gasteiger partial charge in [0.2, 0.25) is 5.91 Å². The number of benzene rings is 1. The van der Waals surface area contributed by atoms with Crippen molar-refractivity contribution in [3.63, 3.8) is 0 Å². The minimum absolute atomic E-state index is 0.0553. The number of nitrogens with two attached hydrogens (primary N) is 1. The van der Waals surface area contributed by atoms with Crippen molar-refractivity contribution in [3.8, 4) is 11.3 Å². The molecule has 1 aromatic heterocycles. The van der Waals surface area contributed by atoms with Crippen LogP contribution in [0.3, 0.4) is 0 Å². The summed E-state index contributed by atoms with van der Waals surface area (Å²) in [6, 6.07) is 7.62. The second kappa shape index (κ2) is 6.75. The number of unbranched alkanes of at least 4 members (excludes halogenated alkanes) is 2. The van der Waals surface area contributed by atoms with Gasteiger partial charge in [0.1, 0.15) is 0 Å². The van der Waals surface area contributed by atoms with Crippen molar-refractivity contribution in [1.29, 1.82) is 0 Å². The van der Waals surface area contributed by atoms with Crippen LogP contribution in [0.5, 0.6) is 0 Å². The van der Waals surface area contributed by atoms with Gasteiger partial charge in [-0.15, -0.1) is 0 Å². The van der Waals surface area contributed by atoms with Gasteiger partial charge in [-0.3, -0.25) is 4.79 Å². The van der Waals surface area contributed by atoms with Gasteiger partial charge in [-0.05, 0) is 18.6 Å². The normalized spacial score (nSPS) is 10.4. The number of H-pyrrole nitrogens is 1. The number of imidazole rings is 1. The van der Waals surface area contributed by atoms with Gasteiger partial charge in [0.05, 0.1) is 11.9 Å². The molecule has 1 aromatic carbocycles. The smallest absolute Gasteiger partial charge is 0.224 e. The van der Waals surface area contributed by atoms with E-state index in [4.69, 9.17) is 5.73 Å². The Bertz CT molecular complexity index is 577. The molecule has 2 rings (SSSR count). The summed E-state index contributed by atoms with van der Waals surface area (Å²) in [5.41, 5.74) is 8.14. The molecule has 20 heavy (non-hydrogen) atoms. The summed E-state index contributed by atoms with van der Waals surface area (Å²) in [4.78, 5) is 18.7. The molecule has 0 aliphatic rings. The van der Waals surface area contributed by atoms with Crippen LogP contribution in [-0.2, 0) is 4.79 Å². The van der Waals surface area contributed by atoms with Crippen molar-refractivity contribution in [3.05, 3.63) is 30.5 Å². The van der Waals surface area contributed by atoms with Crippen molar-refractivity contribution in [2.45, 2.75) is 32.6 Å². The fourth-order valence-electron chi connectivity index (χ4n) is 2.01. The fourth-order valence-corrected chi connectivity index (χ4v) is 2.01. The first-order valence-corrected chi connectivity index (χ1v) is 6.90. The maximum Gasteiger partial charge on any atom is 0.224 e. The fraction of sp³-hybridized carbons (Fsp3) is 0.333. The second-order valence-corrected chi connectivity index (χ2v) is 4.77. The molecule has 5 nitrogen and oxygen atoms in total. The van der Waals surface area contributed by atoms with Crippen LogP contribution in [0.2, 0.25) is 0 Å². The number of nitrogen functional groups attached to an aromatic ring is 1. The average Bonchev–Trinajstić information content (AvgIpc) is 2.86. The van der Waals surface area contributed by atoms with Gasteiger partial charge >= 0.3 is 0 Å². The molecule has 0 bridgehead atoms. The molecule has 0 saturated carbocycles. The third kappa shape index (κ3) is 3.85. The zero-order chi connectivity index (χ0) is 14.4. The number of anilines is 2. The maximum absolute atomic E-state index is 11.8. The van der Waals surface area contributed by atoms with Gasteiger partial charge in [-0.2, -0.15) is 0 Å². The van der Waals surface area contributed by atoms with Gasteiger partial charge in [0, 0.05) is 17.7 Å². The molecule has 0 spiro atoms. The van der Waals surface area contributed by atoms with Crippen molar-refractivity contribution in [2.75, 3.05) is 11.1 Å². The number of nitrogens with one attached hydrogen (secondary N) is 2. The molecule has 0 fully saturated rings.